The number of thioether (sulfide) groups is 1. The number of hydrogen-bond donors (Lipinski definition) is 2. The lowest BCUT2D eigenvalue weighted by Gasteiger charge is -2.51. The van der Waals surface area contributed by atoms with Gasteiger partial charge in [0, 0.05) is 55.0 Å². The third kappa shape index (κ3) is 10.9. The van der Waals surface area contributed by atoms with Crippen molar-refractivity contribution in [3.8, 4) is 5.75 Å². The van der Waals surface area contributed by atoms with Gasteiger partial charge in [0.2, 0.25) is 5.60 Å². The number of alkyl halides is 6. The number of ether oxygens (including phenoxy) is 1. The molecule has 0 unspecified atom stereocenters. The third-order valence-corrected chi connectivity index (χ3v) is 12.9. The van der Waals surface area contributed by atoms with Crippen molar-refractivity contribution in [1.82, 2.24) is 14.8 Å². The van der Waals surface area contributed by atoms with Crippen LogP contribution in [0.5, 0.6) is 5.75 Å². The Morgan fingerprint density at radius 1 is 0.931 bits per heavy atom. The van der Waals surface area contributed by atoms with Gasteiger partial charge in [-0.25, -0.2) is 0 Å². The topological polar surface area (TPSA) is 120 Å². The van der Waals surface area contributed by atoms with Crippen molar-refractivity contribution in [3.63, 3.8) is 0 Å². The molecule has 1 aromatic carbocycles. The van der Waals surface area contributed by atoms with E-state index in [9.17, 15) is 45.8 Å². The number of carbonyl (C=O) groups excluding carboxylic acids is 2. The fourth-order valence-corrected chi connectivity index (χ4v) is 9.77. The number of aliphatic carboxylic acids is 1. The van der Waals surface area contributed by atoms with Gasteiger partial charge in [-0.3, -0.25) is 19.4 Å². The predicted octanol–water partition coefficient (Wildman–Crippen LogP) is 9.82. The van der Waals surface area contributed by atoms with Crippen molar-refractivity contribution in [3.05, 3.63) is 75.7 Å². The molecule has 2 fully saturated rings. The lowest BCUT2D eigenvalue weighted by Crippen LogP contribution is -2.68. The van der Waals surface area contributed by atoms with Gasteiger partial charge < -0.3 is 24.7 Å². The Morgan fingerprint density at radius 3 is 2.28 bits per heavy atom. The Balaban J connectivity index is 1.37. The molecule has 0 aliphatic carbocycles. The molecule has 318 valence electrons. The first-order chi connectivity index (χ1) is 27.5. The largest absolute Gasteiger partial charge is 0.481 e. The van der Waals surface area contributed by atoms with Crippen molar-refractivity contribution in [2.45, 2.75) is 125 Å². The number of unbranched alkanes of at least 4 members (excludes halogenated alkanes) is 5. The zero-order chi connectivity index (χ0) is 42.1. The molecule has 2 aromatic heterocycles. The summed E-state index contributed by atoms with van der Waals surface area (Å²) in [5.41, 5.74) is -4.64. The normalized spacial score (nSPS) is 19.9. The standard InChI is InChI=1S/C41H49F6N3O6S2/c1-2-13-32-39(56-28-26-33(58-27-28)41(45,46)47,18-12-22-50(32)36(53)35-30(40(42,43)44)15-11-21-48-35)37(54)49-23-19-38(55,20-24-49)29-14-8-9-16-31(29)57-25-10-6-4-3-5-7-17-34(51)52/h8-9,11,14-16,21,26-27,32,55H,2-7,10,12-13,17-20,22-25H2,1H3,(H,51,52)/t32-,39+/m1/s1. The Morgan fingerprint density at radius 2 is 1.62 bits per heavy atom. The summed E-state index contributed by atoms with van der Waals surface area (Å²) in [7, 11) is 0. The van der Waals surface area contributed by atoms with Crippen LogP contribution in [0.4, 0.5) is 26.3 Å². The summed E-state index contributed by atoms with van der Waals surface area (Å²) in [4.78, 5) is 46.1. The fourth-order valence-electron chi connectivity index (χ4n) is 7.94. The van der Waals surface area contributed by atoms with Gasteiger partial charge in [-0.2, -0.15) is 26.3 Å². The van der Waals surface area contributed by atoms with Crippen LogP contribution in [0.25, 0.3) is 0 Å². The van der Waals surface area contributed by atoms with E-state index >= 15 is 0 Å². The van der Waals surface area contributed by atoms with Crippen molar-refractivity contribution in [2.24, 2.45) is 0 Å². The molecule has 17 heteroatoms. The van der Waals surface area contributed by atoms with Gasteiger partial charge in [0.1, 0.15) is 16.3 Å². The van der Waals surface area contributed by atoms with Gasteiger partial charge in [-0.15, -0.1) is 23.1 Å². The number of aliphatic hydroxyl groups is 1. The van der Waals surface area contributed by atoms with Gasteiger partial charge in [0.25, 0.3) is 11.8 Å². The lowest BCUT2D eigenvalue weighted by atomic mass is 9.78. The van der Waals surface area contributed by atoms with Crippen LogP contribution in [0.3, 0.4) is 0 Å². The molecule has 4 heterocycles. The first-order valence-corrected chi connectivity index (χ1v) is 21.5. The Bertz CT molecular complexity index is 1870. The molecule has 2 amide bonds. The van der Waals surface area contributed by atoms with Crippen LogP contribution in [0.15, 0.2) is 58.9 Å². The molecule has 2 aliphatic heterocycles. The van der Waals surface area contributed by atoms with E-state index < -0.39 is 63.5 Å². The number of pyridine rings is 1. The Kier molecular flexibility index (Phi) is 15.2. The van der Waals surface area contributed by atoms with E-state index in [0.717, 1.165) is 83.0 Å². The summed E-state index contributed by atoms with van der Waals surface area (Å²) in [6.07, 6.45) is -2.12. The number of thiophene rings is 1. The summed E-state index contributed by atoms with van der Waals surface area (Å²) >= 11 is 2.01. The highest BCUT2D eigenvalue weighted by Crippen LogP contribution is 2.44. The number of benzene rings is 1. The highest BCUT2D eigenvalue weighted by atomic mass is 32.2. The second-order valence-corrected chi connectivity index (χ2v) is 16.9. The SMILES string of the molecule is CCC[C@H]1N(C(=O)c2ncccc2C(F)(F)F)CCC[C@@]1(Oc1csc(C(F)(F)F)c1)C(=O)N1CCC(O)(c2ccccc2SCCCCCCCCC(=O)O)CC1. The Labute approximate surface area is 342 Å². The highest BCUT2D eigenvalue weighted by Gasteiger charge is 2.56. The van der Waals surface area contributed by atoms with E-state index in [1.54, 1.807) is 18.7 Å². The maximum atomic E-state index is 15.0. The summed E-state index contributed by atoms with van der Waals surface area (Å²) in [6.45, 7) is 1.82. The van der Waals surface area contributed by atoms with Gasteiger partial charge >= 0.3 is 18.3 Å². The molecular formula is C41H49F6N3O6S2. The average molecular weight is 858 g/mol. The smallest absolute Gasteiger partial charge is 0.425 e. The van der Waals surface area contributed by atoms with Crippen molar-refractivity contribution < 1.29 is 55.7 Å². The van der Waals surface area contributed by atoms with E-state index in [4.69, 9.17) is 9.84 Å². The van der Waals surface area contributed by atoms with Crippen LogP contribution >= 0.6 is 23.1 Å². The third-order valence-electron chi connectivity index (χ3n) is 10.8. The van der Waals surface area contributed by atoms with Crippen LogP contribution in [-0.4, -0.2) is 79.8 Å². The van der Waals surface area contributed by atoms with Crippen LogP contribution in [0.1, 0.15) is 117 Å². The number of hydrogen-bond acceptors (Lipinski definition) is 8. The summed E-state index contributed by atoms with van der Waals surface area (Å²) < 4.78 is 89.7. The summed E-state index contributed by atoms with van der Waals surface area (Å²) in [6, 6.07) is 8.96. The number of amides is 2. The molecule has 2 N–H and O–H groups in total. The number of carbonyl (C=O) groups is 3. The monoisotopic (exact) mass is 857 g/mol. The minimum atomic E-state index is -4.91. The van der Waals surface area contributed by atoms with Crippen LogP contribution in [0.2, 0.25) is 0 Å². The van der Waals surface area contributed by atoms with Crippen molar-refractivity contribution in [2.75, 3.05) is 25.4 Å². The first kappa shape index (κ1) is 45.3. The van der Waals surface area contributed by atoms with E-state index in [-0.39, 0.29) is 63.9 Å². The molecule has 3 aromatic rings. The molecule has 2 atom stereocenters. The van der Waals surface area contributed by atoms with Gasteiger partial charge in [-0.1, -0.05) is 57.2 Å². The molecule has 5 rings (SSSR count). The van der Waals surface area contributed by atoms with Crippen molar-refractivity contribution >= 4 is 40.9 Å². The predicted molar refractivity (Wildman–Crippen MR) is 208 cm³/mol. The minimum absolute atomic E-state index is 0.0194. The summed E-state index contributed by atoms with van der Waals surface area (Å²) in [5, 5.41) is 22.0. The number of carboxylic acids is 1. The molecule has 0 saturated carbocycles. The molecular weight excluding hydrogens is 809 g/mol. The Hall–Kier alpha value is -3.83. The maximum Gasteiger partial charge on any atom is 0.425 e. The molecule has 0 bridgehead atoms. The molecule has 58 heavy (non-hydrogen) atoms. The average Bonchev–Trinajstić information content (AvgIpc) is 3.67. The fraction of sp³-hybridized carbons (Fsp3) is 0.561. The van der Waals surface area contributed by atoms with Crippen LogP contribution in [-0.2, 0) is 27.5 Å². The number of likely N-dealkylation sites (tertiary alicyclic amines) is 2. The molecule has 0 radical (unpaired) electrons. The van der Waals surface area contributed by atoms with Crippen LogP contribution < -0.4 is 4.74 Å². The van der Waals surface area contributed by atoms with Gasteiger partial charge in [0.05, 0.1) is 17.2 Å². The van der Waals surface area contributed by atoms with Gasteiger partial charge in [0.15, 0.2) is 0 Å². The molecule has 9 nitrogen and oxygen atoms in total. The minimum Gasteiger partial charge on any atom is -0.481 e. The molecule has 2 aliphatic rings. The van der Waals surface area contributed by atoms with E-state index in [0.29, 0.717) is 24.2 Å². The van der Waals surface area contributed by atoms with E-state index in [1.165, 1.54) is 4.90 Å². The quantitative estimate of drug-likeness (QED) is 0.0783. The maximum absolute atomic E-state index is 15.0. The molecule has 0 spiro atoms. The number of carboxylic acid groups (broad SMARTS) is 1. The van der Waals surface area contributed by atoms with Crippen molar-refractivity contribution in [1.29, 1.82) is 0 Å². The second kappa shape index (κ2) is 19.5. The van der Waals surface area contributed by atoms with E-state index in [1.807, 2.05) is 24.3 Å². The zero-order valence-electron chi connectivity index (χ0n) is 32.2. The lowest BCUT2D eigenvalue weighted by molar-refractivity contribution is -0.163. The number of rotatable bonds is 17. The number of halogens is 6. The number of nitrogens with zero attached hydrogens (tertiary/aromatic N) is 3. The highest BCUT2D eigenvalue weighted by molar-refractivity contribution is 7.99. The first-order valence-electron chi connectivity index (χ1n) is 19.6. The number of piperidine rings is 2. The van der Waals surface area contributed by atoms with Crippen LogP contribution in [0, 0.1) is 0 Å². The zero-order valence-corrected chi connectivity index (χ0v) is 33.9. The van der Waals surface area contributed by atoms with E-state index in [2.05, 4.69) is 4.98 Å². The summed E-state index contributed by atoms with van der Waals surface area (Å²) in [5.74, 6) is -1.90. The number of aromatic nitrogens is 1. The second-order valence-electron chi connectivity index (χ2n) is 14.9. The molecule has 2 saturated heterocycles. The van der Waals surface area contributed by atoms with Gasteiger partial charge in [-0.05, 0) is 68.0 Å².